The standard InChI is InChI=1S/C14H17NO7/c15-4-3-12(17)21-5-6-22-14(20)9-1-2-11(13(18)19)10(7-9)8-16/h1-2,7-8,13,18-19H,3-6,15H2. The molecule has 0 heterocycles. The van der Waals surface area contributed by atoms with Gasteiger partial charge in [0.2, 0.25) is 0 Å². The predicted molar refractivity (Wildman–Crippen MR) is 73.9 cm³/mol. The van der Waals surface area contributed by atoms with Crippen LogP contribution >= 0.6 is 0 Å². The highest BCUT2D eigenvalue weighted by molar-refractivity contribution is 5.92. The molecule has 0 radical (unpaired) electrons. The van der Waals surface area contributed by atoms with E-state index in [0.717, 1.165) is 0 Å². The third-order valence-corrected chi connectivity index (χ3v) is 2.66. The van der Waals surface area contributed by atoms with E-state index in [1.54, 1.807) is 0 Å². The van der Waals surface area contributed by atoms with E-state index in [2.05, 4.69) is 0 Å². The molecule has 4 N–H and O–H groups in total. The molecule has 0 atom stereocenters. The lowest BCUT2D eigenvalue weighted by atomic mass is 10.0. The van der Waals surface area contributed by atoms with Gasteiger partial charge >= 0.3 is 11.9 Å². The van der Waals surface area contributed by atoms with Crippen LogP contribution in [-0.4, -0.2) is 48.2 Å². The zero-order valence-corrected chi connectivity index (χ0v) is 11.7. The molecule has 8 heteroatoms. The van der Waals surface area contributed by atoms with E-state index >= 15 is 0 Å². The van der Waals surface area contributed by atoms with Gasteiger partial charge in [0.25, 0.3) is 0 Å². The Morgan fingerprint density at radius 2 is 1.91 bits per heavy atom. The Balaban J connectivity index is 2.56. The van der Waals surface area contributed by atoms with Crippen molar-refractivity contribution < 1.29 is 34.1 Å². The van der Waals surface area contributed by atoms with Gasteiger partial charge in [-0.1, -0.05) is 6.07 Å². The summed E-state index contributed by atoms with van der Waals surface area (Å²) in [6.45, 7) is -0.0648. The molecule has 0 amide bonds. The highest BCUT2D eigenvalue weighted by atomic mass is 16.6. The van der Waals surface area contributed by atoms with Gasteiger partial charge in [-0.2, -0.15) is 0 Å². The summed E-state index contributed by atoms with van der Waals surface area (Å²) in [5.41, 5.74) is 5.20. The molecule has 1 aromatic carbocycles. The second-order valence-corrected chi connectivity index (χ2v) is 4.23. The number of aliphatic hydroxyl groups excluding tert-OH is 1. The van der Waals surface area contributed by atoms with Gasteiger partial charge in [-0.3, -0.25) is 9.59 Å². The first-order valence-corrected chi connectivity index (χ1v) is 6.47. The maximum atomic E-state index is 11.7. The quantitative estimate of drug-likeness (QED) is 0.254. The van der Waals surface area contributed by atoms with Crippen molar-refractivity contribution in [1.82, 2.24) is 0 Å². The fraction of sp³-hybridized carbons (Fsp3) is 0.357. The third kappa shape index (κ3) is 5.24. The van der Waals surface area contributed by atoms with E-state index in [1.165, 1.54) is 18.2 Å². The van der Waals surface area contributed by atoms with Crippen molar-refractivity contribution in [2.24, 2.45) is 5.73 Å². The Bertz CT molecular complexity index is 542. The number of nitrogens with two attached hydrogens (primary N) is 1. The van der Waals surface area contributed by atoms with Crippen molar-refractivity contribution in [2.45, 2.75) is 12.7 Å². The van der Waals surface area contributed by atoms with Crippen molar-refractivity contribution in [3.05, 3.63) is 34.9 Å². The fourth-order valence-corrected chi connectivity index (χ4v) is 1.60. The van der Waals surface area contributed by atoms with Crippen LogP contribution in [0.25, 0.3) is 0 Å². The van der Waals surface area contributed by atoms with Gasteiger partial charge in [0.1, 0.15) is 13.2 Å². The average molecular weight is 311 g/mol. The van der Waals surface area contributed by atoms with Crippen LogP contribution in [0.4, 0.5) is 0 Å². The molecular formula is C14H17NO7. The van der Waals surface area contributed by atoms with Crippen molar-refractivity contribution in [1.29, 1.82) is 0 Å². The Morgan fingerprint density at radius 1 is 1.23 bits per heavy atom. The number of rotatable bonds is 8. The molecule has 1 aromatic rings. The van der Waals surface area contributed by atoms with Crippen LogP contribution in [-0.2, 0) is 14.3 Å². The molecule has 8 nitrogen and oxygen atoms in total. The van der Waals surface area contributed by atoms with Crippen molar-refractivity contribution in [3.8, 4) is 0 Å². The lowest BCUT2D eigenvalue weighted by Crippen LogP contribution is -2.16. The van der Waals surface area contributed by atoms with Gasteiger partial charge in [-0.25, -0.2) is 4.79 Å². The smallest absolute Gasteiger partial charge is 0.338 e. The van der Waals surface area contributed by atoms with E-state index in [1.807, 2.05) is 0 Å². The summed E-state index contributed by atoms with van der Waals surface area (Å²) in [5.74, 6) is -1.21. The van der Waals surface area contributed by atoms with Crippen molar-refractivity contribution >= 4 is 18.2 Å². The maximum Gasteiger partial charge on any atom is 0.338 e. The number of ether oxygens (including phenoxy) is 2. The highest BCUT2D eigenvalue weighted by Gasteiger charge is 2.14. The molecule has 0 unspecified atom stereocenters. The molecule has 0 saturated heterocycles. The molecule has 0 aromatic heterocycles. The Kier molecular flexibility index (Phi) is 7.17. The molecule has 120 valence electrons. The predicted octanol–water partition coefficient (Wildman–Crippen LogP) is -0.469. The first kappa shape index (κ1) is 17.8. The zero-order chi connectivity index (χ0) is 16.5. The third-order valence-electron chi connectivity index (χ3n) is 2.66. The zero-order valence-electron chi connectivity index (χ0n) is 11.7. The summed E-state index contributed by atoms with van der Waals surface area (Å²) in [6, 6.07) is 3.72. The van der Waals surface area contributed by atoms with E-state index in [4.69, 9.17) is 25.4 Å². The van der Waals surface area contributed by atoms with Crippen LogP contribution < -0.4 is 5.73 Å². The lowest BCUT2D eigenvalue weighted by Gasteiger charge is -2.09. The van der Waals surface area contributed by atoms with Crippen LogP contribution in [0.15, 0.2) is 18.2 Å². The molecule has 0 aliphatic rings. The number of benzene rings is 1. The van der Waals surface area contributed by atoms with Gasteiger partial charge in [0, 0.05) is 17.7 Å². The Labute approximate surface area is 126 Å². The summed E-state index contributed by atoms with van der Waals surface area (Å²) in [5, 5.41) is 18.1. The normalized spacial score (nSPS) is 10.4. The Morgan fingerprint density at radius 3 is 2.50 bits per heavy atom. The first-order chi connectivity index (χ1) is 10.5. The molecule has 0 aliphatic carbocycles. The van der Waals surface area contributed by atoms with Gasteiger partial charge < -0.3 is 25.4 Å². The van der Waals surface area contributed by atoms with Gasteiger partial charge in [0.05, 0.1) is 12.0 Å². The minimum absolute atomic E-state index is 0.0118. The Hall–Kier alpha value is -2.29. The highest BCUT2D eigenvalue weighted by Crippen LogP contribution is 2.17. The molecule has 0 spiro atoms. The summed E-state index contributed by atoms with van der Waals surface area (Å²) >= 11 is 0. The van der Waals surface area contributed by atoms with Crippen LogP contribution in [0.5, 0.6) is 0 Å². The molecule has 22 heavy (non-hydrogen) atoms. The van der Waals surface area contributed by atoms with Gasteiger partial charge in [-0.15, -0.1) is 0 Å². The van der Waals surface area contributed by atoms with E-state index < -0.39 is 18.2 Å². The van der Waals surface area contributed by atoms with Crippen LogP contribution in [0.2, 0.25) is 0 Å². The number of hydrogen-bond acceptors (Lipinski definition) is 8. The number of carbonyl (C=O) groups excluding carboxylic acids is 3. The monoisotopic (exact) mass is 311 g/mol. The number of aliphatic hydroxyl groups is 2. The molecule has 0 saturated carbocycles. The minimum Gasteiger partial charge on any atom is -0.462 e. The largest absolute Gasteiger partial charge is 0.462 e. The molecule has 0 bridgehead atoms. The minimum atomic E-state index is -1.81. The summed E-state index contributed by atoms with van der Waals surface area (Å²) in [7, 11) is 0. The number of esters is 2. The number of hydrogen-bond donors (Lipinski definition) is 3. The van der Waals surface area contributed by atoms with Crippen LogP contribution in [0.3, 0.4) is 0 Å². The van der Waals surface area contributed by atoms with Gasteiger partial charge in [0.15, 0.2) is 12.6 Å². The second-order valence-electron chi connectivity index (χ2n) is 4.23. The molecule has 1 rings (SSSR count). The topological polar surface area (TPSA) is 136 Å². The summed E-state index contributed by atoms with van der Waals surface area (Å²) in [6.07, 6.45) is -1.32. The second kappa shape index (κ2) is 8.88. The number of aldehydes is 1. The average Bonchev–Trinajstić information content (AvgIpc) is 2.50. The lowest BCUT2D eigenvalue weighted by molar-refractivity contribution is -0.144. The van der Waals surface area contributed by atoms with Crippen molar-refractivity contribution in [2.75, 3.05) is 19.8 Å². The van der Waals surface area contributed by atoms with Crippen molar-refractivity contribution in [3.63, 3.8) is 0 Å². The van der Waals surface area contributed by atoms with Crippen LogP contribution in [0, 0.1) is 0 Å². The van der Waals surface area contributed by atoms with E-state index in [0.29, 0.717) is 6.29 Å². The van der Waals surface area contributed by atoms with E-state index in [-0.39, 0.29) is 42.9 Å². The van der Waals surface area contributed by atoms with E-state index in [9.17, 15) is 14.4 Å². The molecule has 0 fully saturated rings. The SMILES string of the molecule is NCCC(=O)OCCOC(=O)c1ccc(C(O)O)c(C=O)c1. The van der Waals surface area contributed by atoms with Gasteiger partial charge in [-0.05, 0) is 12.1 Å². The summed E-state index contributed by atoms with van der Waals surface area (Å²) in [4.78, 5) is 33.6. The summed E-state index contributed by atoms with van der Waals surface area (Å²) < 4.78 is 9.61. The fourth-order valence-electron chi connectivity index (χ4n) is 1.60. The number of carbonyl (C=O) groups is 3. The molecule has 0 aliphatic heterocycles. The maximum absolute atomic E-state index is 11.7. The van der Waals surface area contributed by atoms with Crippen LogP contribution in [0.1, 0.15) is 39.0 Å². The molecular weight excluding hydrogens is 294 g/mol. The first-order valence-electron chi connectivity index (χ1n) is 6.47.